The Morgan fingerprint density at radius 1 is 1.47 bits per heavy atom. The zero-order chi connectivity index (χ0) is 12.3. The van der Waals surface area contributed by atoms with Crippen molar-refractivity contribution in [3.63, 3.8) is 0 Å². The second-order valence-corrected chi connectivity index (χ2v) is 4.97. The average Bonchev–Trinajstić information content (AvgIpc) is 2.26. The highest BCUT2D eigenvalue weighted by atomic mass is 35.5. The molecule has 0 radical (unpaired) electrons. The summed E-state index contributed by atoms with van der Waals surface area (Å²) in [6.45, 7) is 1.44. The van der Waals surface area contributed by atoms with Gasteiger partial charge in [0.15, 0.2) is 0 Å². The molecule has 0 spiro atoms. The fourth-order valence-electron chi connectivity index (χ4n) is 2.13. The summed E-state index contributed by atoms with van der Waals surface area (Å²) < 4.78 is 18.7. The molecule has 1 aliphatic rings. The van der Waals surface area contributed by atoms with Gasteiger partial charge in [0.05, 0.1) is 12.7 Å². The molecule has 0 atom stereocenters. The van der Waals surface area contributed by atoms with Gasteiger partial charge in [-0.05, 0) is 56.1 Å². The molecule has 1 aliphatic carbocycles. The second-order valence-electron chi connectivity index (χ2n) is 4.56. The van der Waals surface area contributed by atoms with Gasteiger partial charge in [0, 0.05) is 5.02 Å². The molecule has 0 unspecified atom stereocenters. The molecule has 94 valence electrons. The van der Waals surface area contributed by atoms with E-state index >= 15 is 0 Å². The normalized spacial score (nSPS) is 23.5. The number of ether oxygens (including phenoxy) is 1. The van der Waals surface area contributed by atoms with Crippen molar-refractivity contribution in [2.75, 3.05) is 13.6 Å². The van der Waals surface area contributed by atoms with E-state index in [4.69, 9.17) is 16.3 Å². The minimum atomic E-state index is -0.269. The van der Waals surface area contributed by atoms with Crippen LogP contribution in [0.5, 0.6) is 0 Å². The number of hydrogen-bond acceptors (Lipinski definition) is 2. The van der Waals surface area contributed by atoms with Crippen LogP contribution in [0.3, 0.4) is 0 Å². The standard InChI is InChI=1S/C13H17ClFNO/c1-16-7-9-4-12(5-9)17-8-10-6-11(15)2-3-13(10)14/h2-3,6,9,12,16H,4-5,7-8H2,1H3. The Balaban J connectivity index is 1.77. The highest BCUT2D eigenvalue weighted by Gasteiger charge is 2.29. The Morgan fingerprint density at radius 3 is 2.94 bits per heavy atom. The van der Waals surface area contributed by atoms with Crippen LogP contribution in [0.4, 0.5) is 4.39 Å². The van der Waals surface area contributed by atoms with Crippen molar-refractivity contribution in [1.82, 2.24) is 5.32 Å². The minimum Gasteiger partial charge on any atom is -0.373 e. The molecule has 0 saturated heterocycles. The molecular weight excluding hydrogens is 241 g/mol. The van der Waals surface area contributed by atoms with Crippen LogP contribution in [0.15, 0.2) is 18.2 Å². The molecule has 0 heterocycles. The molecule has 4 heteroatoms. The van der Waals surface area contributed by atoms with Crippen LogP contribution in [0, 0.1) is 11.7 Å². The number of nitrogens with one attached hydrogen (secondary N) is 1. The summed E-state index contributed by atoms with van der Waals surface area (Å²) in [7, 11) is 1.96. The Hall–Kier alpha value is -0.640. The Bertz CT molecular complexity index is 380. The van der Waals surface area contributed by atoms with Crippen molar-refractivity contribution in [2.45, 2.75) is 25.6 Å². The van der Waals surface area contributed by atoms with Gasteiger partial charge in [-0.3, -0.25) is 0 Å². The van der Waals surface area contributed by atoms with Crippen molar-refractivity contribution in [3.05, 3.63) is 34.6 Å². The van der Waals surface area contributed by atoms with Crippen molar-refractivity contribution in [2.24, 2.45) is 5.92 Å². The summed E-state index contributed by atoms with van der Waals surface area (Å²) in [6.07, 6.45) is 2.45. The fraction of sp³-hybridized carbons (Fsp3) is 0.538. The summed E-state index contributed by atoms with van der Waals surface area (Å²) in [4.78, 5) is 0. The van der Waals surface area contributed by atoms with E-state index in [0.717, 1.165) is 24.9 Å². The topological polar surface area (TPSA) is 21.3 Å². The summed E-state index contributed by atoms with van der Waals surface area (Å²) in [5, 5.41) is 3.72. The van der Waals surface area contributed by atoms with Gasteiger partial charge in [0.2, 0.25) is 0 Å². The van der Waals surface area contributed by atoms with Gasteiger partial charge in [-0.15, -0.1) is 0 Å². The first-order valence-corrected chi connectivity index (χ1v) is 6.27. The van der Waals surface area contributed by atoms with Crippen LogP contribution in [0.2, 0.25) is 5.02 Å². The van der Waals surface area contributed by atoms with E-state index < -0.39 is 0 Å². The lowest BCUT2D eigenvalue weighted by Gasteiger charge is -2.35. The molecule has 1 aromatic rings. The van der Waals surface area contributed by atoms with Gasteiger partial charge in [-0.2, -0.15) is 0 Å². The fourth-order valence-corrected chi connectivity index (χ4v) is 2.30. The largest absolute Gasteiger partial charge is 0.373 e. The predicted molar refractivity (Wildman–Crippen MR) is 66.6 cm³/mol. The highest BCUT2D eigenvalue weighted by molar-refractivity contribution is 6.31. The minimum absolute atomic E-state index is 0.269. The number of halogens is 2. The quantitative estimate of drug-likeness (QED) is 0.876. The maximum absolute atomic E-state index is 13.0. The third-order valence-electron chi connectivity index (χ3n) is 3.17. The molecule has 0 amide bonds. The molecule has 0 bridgehead atoms. The lowest BCUT2D eigenvalue weighted by molar-refractivity contribution is -0.0391. The van der Waals surface area contributed by atoms with Crippen LogP contribution < -0.4 is 5.32 Å². The molecule has 17 heavy (non-hydrogen) atoms. The van der Waals surface area contributed by atoms with Gasteiger partial charge in [-0.1, -0.05) is 11.6 Å². The van der Waals surface area contributed by atoms with Crippen LogP contribution >= 0.6 is 11.6 Å². The molecule has 1 aromatic carbocycles. The molecule has 1 saturated carbocycles. The summed E-state index contributed by atoms with van der Waals surface area (Å²) in [5.74, 6) is 0.447. The molecule has 0 aliphatic heterocycles. The van der Waals surface area contributed by atoms with Crippen molar-refractivity contribution >= 4 is 11.6 Å². The van der Waals surface area contributed by atoms with E-state index in [0.29, 0.717) is 23.7 Å². The number of rotatable bonds is 5. The van der Waals surface area contributed by atoms with Crippen LogP contribution in [0.1, 0.15) is 18.4 Å². The number of hydrogen-bond donors (Lipinski definition) is 1. The molecule has 1 N–H and O–H groups in total. The van der Waals surface area contributed by atoms with E-state index in [9.17, 15) is 4.39 Å². The maximum Gasteiger partial charge on any atom is 0.123 e. The van der Waals surface area contributed by atoms with Gasteiger partial charge >= 0.3 is 0 Å². The van der Waals surface area contributed by atoms with Crippen LogP contribution in [-0.2, 0) is 11.3 Å². The molecule has 2 nitrogen and oxygen atoms in total. The monoisotopic (exact) mass is 257 g/mol. The lowest BCUT2D eigenvalue weighted by Crippen LogP contribution is -2.36. The summed E-state index contributed by atoms with van der Waals surface area (Å²) >= 11 is 5.96. The summed E-state index contributed by atoms with van der Waals surface area (Å²) in [6, 6.07) is 4.37. The first kappa shape index (κ1) is 12.8. The second kappa shape index (κ2) is 5.80. The van der Waals surface area contributed by atoms with Crippen molar-refractivity contribution in [1.29, 1.82) is 0 Å². The van der Waals surface area contributed by atoms with Gasteiger partial charge in [-0.25, -0.2) is 4.39 Å². The first-order chi connectivity index (χ1) is 8.19. The Morgan fingerprint density at radius 2 is 2.24 bits per heavy atom. The molecule has 1 fully saturated rings. The zero-order valence-electron chi connectivity index (χ0n) is 9.88. The van der Waals surface area contributed by atoms with Crippen molar-refractivity contribution < 1.29 is 9.13 Å². The van der Waals surface area contributed by atoms with E-state index in [-0.39, 0.29) is 5.82 Å². The molecule has 2 rings (SSSR count). The molecule has 0 aromatic heterocycles. The lowest BCUT2D eigenvalue weighted by atomic mass is 9.82. The Labute approximate surface area is 106 Å². The number of benzene rings is 1. The Kier molecular flexibility index (Phi) is 4.37. The van der Waals surface area contributed by atoms with Crippen molar-refractivity contribution in [3.8, 4) is 0 Å². The third-order valence-corrected chi connectivity index (χ3v) is 3.54. The average molecular weight is 258 g/mol. The predicted octanol–water partition coefficient (Wildman–Crippen LogP) is 2.99. The van der Waals surface area contributed by atoms with Crippen LogP contribution in [0.25, 0.3) is 0 Å². The maximum atomic E-state index is 13.0. The molecular formula is C13H17ClFNO. The van der Waals surface area contributed by atoms with E-state index in [1.165, 1.54) is 12.1 Å². The van der Waals surface area contributed by atoms with Gasteiger partial charge in [0.1, 0.15) is 5.82 Å². The van der Waals surface area contributed by atoms with Gasteiger partial charge < -0.3 is 10.1 Å². The van der Waals surface area contributed by atoms with Crippen LogP contribution in [-0.4, -0.2) is 19.7 Å². The smallest absolute Gasteiger partial charge is 0.123 e. The third kappa shape index (κ3) is 3.41. The van der Waals surface area contributed by atoms with E-state index in [1.54, 1.807) is 6.07 Å². The van der Waals surface area contributed by atoms with E-state index in [1.807, 2.05) is 7.05 Å². The van der Waals surface area contributed by atoms with Gasteiger partial charge in [0.25, 0.3) is 0 Å². The highest BCUT2D eigenvalue weighted by Crippen LogP contribution is 2.30. The van der Waals surface area contributed by atoms with E-state index in [2.05, 4.69) is 5.32 Å². The summed E-state index contributed by atoms with van der Waals surface area (Å²) in [5.41, 5.74) is 0.726. The first-order valence-electron chi connectivity index (χ1n) is 5.89. The zero-order valence-corrected chi connectivity index (χ0v) is 10.6. The SMILES string of the molecule is CNCC1CC(OCc2cc(F)ccc2Cl)C1.